The summed E-state index contributed by atoms with van der Waals surface area (Å²) >= 11 is 0. The van der Waals surface area contributed by atoms with Crippen LogP contribution in [0.1, 0.15) is 37.3 Å². The van der Waals surface area contributed by atoms with E-state index in [0.29, 0.717) is 6.04 Å². The Hall–Kier alpha value is -1.74. The molecule has 3 heteroatoms. The molecule has 0 amide bonds. The second-order valence-corrected chi connectivity index (χ2v) is 7.66. The molecule has 2 bridgehead atoms. The molecule has 0 saturated carbocycles. The molecule has 3 atom stereocenters. The molecular formula is C21H25NO2. The van der Waals surface area contributed by atoms with Gasteiger partial charge in [0.15, 0.2) is 11.5 Å². The van der Waals surface area contributed by atoms with Crippen molar-refractivity contribution in [3.63, 3.8) is 0 Å². The van der Waals surface area contributed by atoms with Crippen molar-refractivity contribution in [1.29, 1.82) is 0 Å². The molecule has 0 N–H and O–H groups in total. The zero-order valence-electron chi connectivity index (χ0n) is 14.8. The van der Waals surface area contributed by atoms with Gasteiger partial charge < -0.3 is 9.47 Å². The molecule has 0 unspecified atom stereocenters. The fraction of sp³-hybridized carbons (Fsp3) is 0.524. The molecule has 0 radical (unpaired) electrons. The Morgan fingerprint density at radius 1 is 1.33 bits per heavy atom. The molecule has 4 aliphatic rings. The zero-order valence-corrected chi connectivity index (χ0v) is 14.8. The highest BCUT2D eigenvalue weighted by Gasteiger charge is 2.61. The van der Waals surface area contributed by atoms with E-state index < -0.39 is 0 Å². The summed E-state index contributed by atoms with van der Waals surface area (Å²) in [6.07, 6.45) is 9.43. The van der Waals surface area contributed by atoms with Gasteiger partial charge in [0.05, 0.1) is 12.5 Å². The number of likely N-dealkylation sites (tertiary alicyclic amines) is 1. The molecule has 1 saturated heterocycles. The fourth-order valence-electron chi connectivity index (χ4n) is 5.54. The van der Waals surface area contributed by atoms with Gasteiger partial charge in [0, 0.05) is 11.6 Å². The first-order chi connectivity index (χ1) is 11.7. The Morgan fingerprint density at radius 3 is 3.00 bits per heavy atom. The minimum Gasteiger partial charge on any atom is -0.493 e. The third kappa shape index (κ3) is 1.57. The van der Waals surface area contributed by atoms with E-state index in [1.165, 1.54) is 16.7 Å². The summed E-state index contributed by atoms with van der Waals surface area (Å²) in [5, 5.41) is 0. The first-order valence-electron chi connectivity index (χ1n) is 9.19. The summed E-state index contributed by atoms with van der Waals surface area (Å²) in [7, 11) is 4.02. The molecule has 5 rings (SSSR count). The van der Waals surface area contributed by atoms with E-state index in [0.717, 1.165) is 43.7 Å². The summed E-state index contributed by atoms with van der Waals surface area (Å²) in [6.45, 7) is 3.39. The second-order valence-electron chi connectivity index (χ2n) is 7.66. The smallest absolute Gasteiger partial charge is 0.166 e. The van der Waals surface area contributed by atoms with Crippen LogP contribution in [0.5, 0.6) is 11.5 Å². The van der Waals surface area contributed by atoms with Crippen LogP contribution >= 0.6 is 0 Å². The largest absolute Gasteiger partial charge is 0.493 e. The lowest BCUT2D eigenvalue weighted by Crippen LogP contribution is -2.58. The standard InChI is InChI=1S/C21H25NO2/c1-4-5-13-6-8-15-16-12-14-7-9-17(23-3)19-18(14)21(15,20(13)24-19)10-11-22(16)2/h6-9,16,20H,4-5,10-12H2,1-3H3/t16-,20+,21+/m1/s1. The zero-order chi connectivity index (χ0) is 16.5. The molecule has 2 heterocycles. The number of benzene rings is 1. The van der Waals surface area contributed by atoms with Crippen LogP contribution < -0.4 is 9.47 Å². The average Bonchev–Trinajstić information content (AvgIpc) is 2.94. The van der Waals surface area contributed by atoms with Crippen LogP contribution in [0, 0.1) is 0 Å². The Labute approximate surface area is 143 Å². The predicted octanol–water partition coefficient (Wildman–Crippen LogP) is 3.62. The van der Waals surface area contributed by atoms with Gasteiger partial charge in [-0.1, -0.05) is 31.6 Å². The molecule has 24 heavy (non-hydrogen) atoms. The summed E-state index contributed by atoms with van der Waals surface area (Å²) in [6, 6.07) is 4.87. The highest BCUT2D eigenvalue weighted by molar-refractivity contribution is 5.68. The molecule has 0 aromatic heterocycles. The van der Waals surface area contributed by atoms with Gasteiger partial charge in [0.2, 0.25) is 0 Å². The van der Waals surface area contributed by atoms with Crippen LogP contribution in [-0.4, -0.2) is 37.7 Å². The van der Waals surface area contributed by atoms with Crippen LogP contribution in [0.25, 0.3) is 0 Å². The van der Waals surface area contributed by atoms with E-state index >= 15 is 0 Å². The first kappa shape index (κ1) is 14.6. The van der Waals surface area contributed by atoms with Crippen molar-refractivity contribution < 1.29 is 9.47 Å². The maximum Gasteiger partial charge on any atom is 0.166 e. The number of nitrogens with zero attached hydrogens (tertiary/aromatic N) is 1. The average molecular weight is 323 g/mol. The van der Waals surface area contributed by atoms with E-state index in [-0.39, 0.29) is 11.5 Å². The molecular weight excluding hydrogens is 298 g/mol. The van der Waals surface area contributed by atoms with Crippen LogP contribution in [0.3, 0.4) is 0 Å². The van der Waals surface area contributed by atoms with Crippen molar-refractivity contribution in [2.75, 3.05) is 20.7 Å². The summed E-state index contributed by atoms with van der Waals surface area (Å²) in [5.41, 5.74) is 5.97. The van der Waals surface area contributed by atoms with Gasteiger partial charge in [-0.2, -0.15) is 0 Å². The maximum absolute atomic E-state index is 6.65. The minimum absolute atomic E-state index is 0.0495. The second kappa shape index (κ2) is 4.89. The third-order valence-electron chi connectivity index (χ3n) is 6.59. The normalized spacial score (nSPS) is 32.6. The Bertz CT molecular complexity index is 778. The minimum atomic E-state index is 0.0495. The van der Waals surface area contributed by atoms with Gasteiger partial charge in [0.25, 0.3) is 0 Å². The Balaban J connectivity index is 1.80. The summed E-state index contributed by atoms with van der Waals surface area (Å²) in [4.78, 5) is 2.53. The molecule has 3 nitrogen and oxygen atoms in total. The maximum atomic E-state index is 6.65. The molecule has 126 valence electrons. The SMILES string of the molecule is CCCC1=CC=C2[C@H]3Cc4ccc(OC)c5c4[C@@]2(CCN3C)[C@H]1O5. The van der Waals surface area contributed by atoms with Crippen molar-refractivity contribution in [3.8, 4) is 11.5 Å². The molecule has 2 aliphatic carbocycles. The van der Waals surface area contributed by atoms with E-state index in [1.807, 2.05) is 0 Å². The Morgan fingerprint density at radius 2 is 2.21 bits per heavy atom. The quantitative estimate of drug-likeness (QED) is 0.848. The predicted molar refractivity (Wildman–Crippen MR) is 94.9 cm³/mol. The molecule has 1 spiro atoms. The number of rotatable bonds is 3. The van der Waals surface area contributed by atoms with Gasteiger partial charge >= 0.3 is 0 Å². The van der Waals surface area contributed by atoms with Crippen molar-refractivity contribution in [2.24, 2.45) is 0 Å². The molecule has 1 fully saturated rings. The lowest BCUT2D eigenvalue weighted by atomic mass is 9.56. The van der Waals surface area contributed by atoms with Crippen LogP contribution in [0.15, 0.2) is 35.4 Å². The lowest BCUT2D eigenvalue weighted by Gasteiger charge is -2.53. The topological polar surface area (TPSA) is 21.7 Å². The van der Waals surface area contributed by atoms with Crippen LogP contribution in [0.2, 0.25) is 0 Å². The van der Waals surface area contributed by atoms with Crippen LogP contribution in [0.4, 0.5) is 0 Å². The van der Waals surface area contributed by atoms with Gasteiger partial charge in [0.1, 0.15) is 6.10 Å². The van der Waals surface area contributed by atoms with Gasteiger partial charge in [-0.05, 0) is 55.6 Å². The molecule has 1 aromatic rings. The molecule has 2 aliphatic heterocycles. The van der Waals surface area contributed by atoms with Crippen molar-refractivity contribution >= 4 is 0 Å². The summed E-state index contributed by atoms with van der Waals surface area (Å²) in [5.74, 6) is 1.91. The number of hydrogen-bond acceptors (Lipinski definition) is 3. The van der Waals surface area contributed by atoms with Crippen molar-refractivity contribution in [3.05, 3.63) is 46.6 Å². The number of methoxy groups -OCH3 is 1. The molecule has 1 aromatic carbocycles. The number of piperidine rings is 1. The van der Waals surface area contributed by atoms with Gasteiger partial charge in [-0.15, -0.1) is 0 Å². The highest BCUT2D eigenvalue weighted by Crippen LogP contribution is 2.62. The van der Waals surface area contributed by atoms with Crippen molar-refractivity contribution in [2.45, 2.75) is 50.2 Å². The van der Waals surface area contributed by atoms with Crippen LogP contribution in [-0.2, 0) is 11.8 Å². The number of likely N-dealkylation sites (N-methyl/N-ethyl adjacent to an activating group) is 1. The first-order valence-corrected chi connectivity index (χ1v) is 9.19. The Kier molecular flexibility index (Phi) is 2.97. The number of allylic oxidation sites excluding steroid dienone is 2. The monoisotopic (exact) mass is 323 g/mol. The fourth-order valence-corrected chi connectivity index (χ4v) is 5.54. The van der Waals surface area contributed by atoms with E-state index in [1.54, 1.807) is 12.7 Å². The summed E-state index contributed by atoms with van der Waals surface area (Å²) < 4.78 is 12.3. The number of ether oxygens (including phenoxy) is 2. The van der Waals surface area contributed by atoms with Gasteiger partial charge in [-0.3, -0.25) is 4.90 Å². The van der Waals surface area contributed by atoms with E-state index in [4.69, 9.17) is 9.47 Å². The highest BCUT2D eigenvalue weighted by atomic mass is 16.5. The van der Waals surface area contributed by atoms with E-state index in [9.17, 15) is 0 Å². The third-order valence-corrected chi connectivity index (χ3v) is 6.59. The van der Waals surface area contributed by atoms with Gasteiger partial charge in [-0.25, -0.2) is 0 Å². The lowest BCUT2D eigenvalue weighted by molar-refractivity contribution is 0.109. The van der Waals surface area contributed by atoms with E-state index in [2.05, 4.69) is 43.2 Å². The van der Waals surface area contributed by atoms with Crippen molar-refractivity contribution in [1.82, 2.24) is 4.90 Å². The number of hydrogen-bond donors (Lipinski definition) is 0.